The number of halogens is 1. The van der Waals surface area contributed by atoms with Gasteiger partial charge in [-0.3, -0.25) is 4.79 Å². The Morgan fingerprint density at radius 2 is 2.09 bits per heavy atom. The summed E-state index contributed by atoms with van der Waals surface area (Å²) in [5, 5.41) is 0. The van der Waals surface area contributed by atoms with E-state index in [-0.39, 0.29) is 18.0 Å². The molecule has 22 heavy (non-hydrogen) atoms. The van der Waals surface area contributed by atoms with Gasteiger partial charge in [0.05, 0.1) is 24.7 Å². The second-order valence-corrected chi connectivity index (χ2v) is 4.99. The number of ketones is 1. The van der Waals surface area contributed by atoms with Gasteiger partial charge in [-0.15, -0.1) is 0 Å². The summed E-state index contributed by atoms with van der Waals surface area (Å²) in [7, 11) is 1.30. The molecule has 2 aromatic carbocycles. The Kier molecular flexibility index (Phi) is 3.63. The minimum absolute atomic E-state index is 0.116. The summed E-state index contributed by atoms with van der Waals surface area (Å²) < 4.78 is 23.7. The summed E-state index contributed by atoms with van der Waals surface area (Å²) in [6, 6.07) is 10.5. The Morgan fingerprint density at radius 1 is 1.27 bits per heavy atom. The van der Waals surface area contributed by atoms with E-state index in [0.29, 0.717) is 16.7 Å². The summed E-state index contributed by atoms with van der Waals surface area (Å²) >= 11 is 0. The van der Waals surface area contributed by atoms with Gasteiger partial charge < -0.3 is 9.47 Å². The maximum atomic E-state index is 13.3. The standard InChI is InChI=1S/C17H13FO4/c1-21-17(20)11-4-2-3-10(7-11)15-9-14(19)13-6-5-12(18)8-16(13)22-15/h2-8,15H,9H2,1H3. The number of fused-ring (bicyclic) bond motifs is 1. The van der Waals surface area contributed by atoms with Crippen molar-refractivity contribution in [2.45, 2.75) is 12.5 Å². The third-order valence-corrected chi connectivity index (χ3v) is 3.56. The first-order chi connectivity index (χ1) is 10.6. The zero-order valence-electron chi connectivity index (χ0n) is 11.8. The Hall–Kier alpha value is -2.69. The van der Waals surface area contributed by atoms with Gasteiger partial charge in [0.15, 0.2) is 5.78 Å². The van der Waals surface area contributed by atoms with Gasteiger partial charge in [-0.2, -0.15) is 0 Å². The molecule has 1 aliphatic heterocycles. The molecule has 0 bridgehead atoms. The molecule has 0 amide bonds. The van der Waals surface area contributed by atoms with Crippen LogP contribution in [-0.4, -0.2) is 18.9 Å². The Balaban J connectivity index is 1.94. The van der Waals surface area contributed by atoms with Gasteiger partial charge in [0.2, 0.25) is 0 Å². The average molecular weight is 300 g/mol. The minimum Gasteiger partial charge on any atom is -0.484 e. The van der Waals surface area contributed by atoms with E-state index in [1.165, 1.54) is 25.3 Å². The molecule has 0 aliphatic carbocycles. The first-order valence-electron chi connectivity index (χ1n) is 6.76. The first-order valence-corrected chi connectivity index (χ1v) is 6.76. The maximum Gasteiger partial charge on any atom is 0.337 e. The van der Waals surface area contributed by atoms with Crippen molar-refractivity contribution in [2.75, 3.05) is 7.11 Å². The van der Waals surface area contributed by atoms with Crippen molar-refractivity contribution in [3.05, 3.63) is 65.0 Å². The van der Waals surface area contributed by atoms with Gasteiger partial charge in [-0.05, 0) is 29.8 Å². The molecule has 0 saturated heterocycles. The molecule has 1 unspecified atom stereocenters. The predicted molar refractivity (Wildman–Crippen MR) is 76.5 cm³/mol. The second kappa shape index (κ2) is 5.60. The molecule has 2 aromatic rings. The van der Waals surface area contributed by atoms with Crippen molar-refractivity contribution in [1.82, 2.24) is 0 Å². The number of carbonyl (C=O) groups excluding carboxylic acids is 2. The Labute approximate surface area is 126 Å². The topological polar surface area (TPSA) is 52.6 Å². The summed E-state index contributed by atoms with van der Waals surface area (Å²) in [4.78, 5) is 23.7. The molecule has 1 atom stereocenters. The second-order valence-electron chi connectivity index (χ2n) is 4.99. The molecular weight excluding hydrogens is 287 g/mol. The van der Waals surface area contributed by atoms with Crippen molar-refractivity contribution in [1.29, 1.82) is 0 Å². The van der Waals surface area contributed by atoms with Gasteiger partial charge in [0.25, 0.3) is 0 Å². The Morgan fingerprint density at radius 3 is 2.86 bits per heavy atom. The van der Waals surface area contributed by atoms with E-state index in [2.05, 4.69) is 4.74 Å². The van der Waals surface area contributed by atoms with Crippen molar-refractivity contribution < 1.29 is 23.5 Å². The number of ether oxygens (including phenoxy) is 2. The third kappa shape index (κ3) is 2.57. The van der Waals surface area contributed by atoms with Crippen LogP contribution in [0.25, 0.3) is 0 Å². The van der Waals surface area contributed by atoms with Crippen LogP contribution in [0.3, 0.4) is 0 Å². The van der Waals surface area contributed by atoms with E-state index in [1.807, 2.05) is 0 Å². The van der Waals surface area contributed by atoms with Crippen molar-refractivity contribution in [3.63, 3.8) is 0 Å². The highest BCUT2D eigenvalue weighted by atomic mass is 19.1. The van der Waals surface area contributed by atoms with Crippen LogP contribution in [0.4, 0.5) is 4.39 Å². The molecular formula is C17H13FO4. The SMILES string of the molecule is COC(=O)c1cccc(C2CC(=O)c3ccc(F)cc3O2)c1. The normalized spacial score (nSPS) is 16.6. The van der Waals surface area contributed by atoms with E-state index in [1.54, 1.807) is 24.3 Å². The number of carbonyl (C=O) groups is 2. The molecule has 0 radical (unpaired) electrons. The monoisotopic (exact) mass is 300 g/mol. The van der Waals surface area contributed by atoms with E-state index < -0.39 is 17.9 Å². The molecule has 0 spiro atoms. The van der Waals surface area contributed by atoms with Gasteiger partial charge in [0, 0.05) is 6.07 Å². The highest BCUT2D eigenvalue weighted by molar-refractivity contribution is 6.00. The number of hydrogen-bond donors (Lipinski definition) is 0. The highest BCUT2D eigenvalue weighted by Crippen LogP contribution is 2.35. The lowest BCUT2D eigenvalue weighted by Crippen LogP contribution is -2.20. The number of rotatable bonds is 2. The highest BCUT2D eigenvalue weighted by Gasteiger charge is 2.28. The van der Waals surface area contributed by atoms with Crippen LogP contribution in [0.5, 0.6) is 5.75 Å². The van der Waals surface area contributed by atoms with Gasteiger partial charge in [-0.1, -0.05) is 12.1 Å². The summed E-state index contributed by atoms with van der Waals surface area (Å²) in [5.74, 6) is -0.814. The minimum atomic E-state index is -0.550. The van der Waals surface area contributed by atoms with Crippen LogP contribution < -0.4 is 4.74 Å². The van der Waals surface area contributed by atoms with Crippen LogP contribution in [0.15, 0.2) is 42.5 Å². The molecule has 0 saturated carbocycles. The lowest BCUT2D eigenvalue weighted by molar-refractivity contribution is 0.0600. The van der Waals surface area contributed by atoms with Crippen LogP contribution >= 0.6 is 0 Å². The number of Topliss-reactive ketones (excluding diaryl/α,β-unsaturated/α-hetero) is 1. The third-order valence-electron chi connectivity index (χ3n) is 3.56. The van der Waals surface area contributed by atoms with Crippen LogP contribution in [-0.2, 0) is 4.74 Å². The zero-order valence-corrected chi connectivity index (χ0v) is 11.8. The fraction of sp³-hybridized carbons (Fsp3) is 0.176. The summed E-state index contributed by atoms with van der Waals surface area (Å²) in [6.07, 6.45) is -0.408. The average Bonchev–Trinajstić information content (AvgIpc) is 2.53. The molecule has 1 aliphatic rings. The van der Waals surface area contributed by atoms with Crippen LogP contribution in [0.2, 0.25) is 0 Å². The number of benzene rings is 2. The molecule has 3 rings (SSSR count). The van der Waals surface area contributed by atoms with Crippen molar-refractivity contribution >= 4 is 11.8 Å². The van der Waals surface area contributed by atoms with Crippen molar-refractivity contribution in [2.24, 2.45) is 0 Å². The molecule has 0 aromatic heterocycles. The molecule has 0 N–H and O–H groups in total. The van der Waals surface area contributed by atoms with E-state index in [9.17, 15) is 14.0 Å². The van der Waals surface area contributed by atoms with Crippen LogP contribution in [0, 0.1) is 5.82 Å². The lowest BCUT2D eigenvalue weighted by Gasteiger charge is -2.25. The maximum absolute atomic E-state index is 13.3. The van der Waals surface area contributed by atoms with Crippen molar-refractivity contribution in [3.8, 4) is 5.75 Å². The zero-order chi connectivity index (χ0) is 15.7. The molecule has 0 fully saturated rings. The fourth-order valence-corrected chi connectivity index (χ4v) is 2.47. The smallest absolute Gasteiger partial charge is 0.337 e. The largest absolute Gasteiger partial charge is 0.484 e. The quantitative estimate of drug-likeness (QED) is 0.798. The number of hydrogen-bond acceptors (Lipinski definition) is 4. The van der Waals surface area contributed by atoms with E-state index >= 15 is 0 Å². The molecule has 4 nitrogen and oxygen atoms in total. The van der Waals surface area contributed by atoms with E-state index in [4.69, 9.17) is 4.74 Å². The van der Waals surface area contributed by atoms with E-state index in [0.717, 1.165) is 0 Å². The Bertz CT molecular complexity index is 754. The first kappa shape index (κ1) is 14.3. The summed E-state index contributed by atoms with van der Waals surface area (Å²) in [5.41, 5.74) is 1.43. The number of methoxy groups -OCH3 is 1. The molecule has 5 heteroatoms. The van der Waals surface area contributed by atoms with Crippen LogP contribution in [0.1, 0.15) is 38.8 Å². The lowest BCUT2D eigenvalue weighted by atomic mass is 9.95. The van der Waals surface area contributed by atoms with Gasteiger partial charge in [0.1, 0.15) is 17.7 Å². The summed E-state index contributed by atoms with van der Waals surface area (Å²) in [6.45, 7) is 0. The fourth-order valence-electron chi connectivity index (χ4n) is 2.47. The van der Waals surface area contributed by atoms with Gasteiger partial charge >= 0.3 is 5.97 Å². The number of esters is 1. The molecule has 1 heterocycles. The molecule has 112 valence electrons. The van der Waals surface area contributed by atoms with Gasteiger partial charge in [-0.25, -0.2) is 9.18 Å². The predicted octanol–water partition coefficient (Wildman–Crippen LogP) is 3.32.